The number of nitro groups is 1. The van der Waals surface area contributed by atoms with E-state index < -0.39 is 17.4 Å². The summed E-state index contributed by atoms with van der Waals surface area (Å²) in [6, 6.07) is 13.7. The molecule has 0 aliphatic carbocycles. The van der Waals surface area contributed by atoms with E-state index in [0.717, 1.165) is 14.9 Å². The van der Waals surface area contributed by atoms with Gasteiger partial charge in [-0.1, -0.05) is 46.3 Å². The van der Waals surface area contributed by atoms with Crippen LogP contribution in [0, 0.1) is 10.1 Å². The molecule has 3 atom stereocenters. The first-order valence-electron chi connectivity index (χ1n) is 6.40. The van der Waals surface area contributed by atoms with E-state index in [-0.39, 0.29) is 4.92 Å². The second kappa shape index (κ2) is 5.79. The number of benzene rings is 2. The van der Waals surface area contributed by atoms with Crippen molar-refractivity contribution in [1.82, 2.24) is 0 Å². The summed E-state index contributed by atoms with van der Waals surface area (Å²) in [5.41, 5.74) is 1.48. The van der Waals surface area contributed by atoms with Gasteiger partial charge in [0.25, 0.3) is 6.04 Å². The van der Waals surface area contributed by atoms with E-state index in [9.17, 15) is 15.2 Å². The third-order valence-electron chi connectivity index (χ3n) is 3.57. The van der Waals surface area contributed by atoms with Crippen molar-refractivity contribution in [2.24, 2.45) is 0 Å². The Morgan fingerprint density at radius 2 is 1.81 bits per heavy atom. The van der Waals surface area contributed by atoms with Crippen molar-refractivity contribution in [2.75, 3.05) is 0 Å². The van der Waals surface area contributed by atoms with E-state index >= 15 is 0 Å². The zero-order valence-corrected chi connectivity index (χ0v) is 13.3. The van der Waals surface area contributed by atoms with Crippen LogP contribution in [0.3, 0.4) is 0 Å². The lowest BCUT2D eigenvalue weighted by Crippen LogP contribution is -2.35. The van der Waals surface area contributed by atoms with Crippen molar-refractivity contribution in [2.45, 2.75) is 22.3 Å². The summed E-state index contributed by atoms with van der Waals surface area (Å²) < 4.78 is 0.922. The van der Waals surface area contributed by atoms with E-state index in [1.165, 1.54) is 11.8 Å². The molecule has 4 nitrogen and oxygen atoms in total. The Labute approximate surface area is 134 Å². The van der Waals surface area contributed by atoms with Gasteiger partial charge in [-0.3, -0.25) is 10.1 Å². The molecule has 2 aromatic carbocycles. The zero-order valence-electron chi connectivity index (χ0n) is 10.8. The molecule has 0 radical (unpaired) electrons. The average molecular weight is 366 g/mol. The number of halogens is 1. The van der Waals surface area contributed by atoms with E-state index in [1.54, 1.807) is 12.1 Å². The fraction of sp³-hybridized carbons (Fsp3) is 0.200. The highest BCUT2D eigenvalue weighted by Gasteiger charge is 2.45. The van der Waals surface area contributed by atoms with E-state index in [2.05, 4.69) is 15.9 Å². The Morgan fingerprint density at radius 3 is 2.48 bits per heavy atom. The molecule has 6 heteroatoms. The van der Waals surface area contributed by atoms with Crippen LogP contribution in [0.15, 0.2) is 57.9 Å². The van der Waals surface area contributed by atoms with Crippen LogP contribution >= 0.6 is 27.7 Å². The largest absolute Gasteiger partial charge is 0.381 e. The molecule has 0 saturated carbocycles. The van der Waals surface area contributed by atoms with Gasteiger partial charge >= 0.3 is 0 Å². The quantitative estimate of drug-likeness (QED) is 0.645. The van der Waals surface area contributed by atoms with Gasteiger partial charge in [-0.2, -0.15) is 0 Å². The molecule has 0 fully saturated rings. The number of thioether (sulfide) groups is 1. The van der Waals surface area contributed by atoms with Gasteiger partial charge in [-0.15, -0.1) is 11.8 Å². The van der Waals surface area contributed by atoms with Crippen LogP contribution < -0.4 is 0 Å². The number of nitrogens with zero attached hydrogens (tertiary/aromatic N) is 1. The van der Waals surface area contributed by atoms with Crippen LogP contribution in [-0.2, 0) is 0 Å². The highest BCUT2D eigenvalue weighted by molar-refractivity contribution is 9.10. The average Bonchev–Trinajstić information content (AvgIpc) is 2.47. The first kappa shape index (κ1) is 14.6. The Hall–Kier alpha value is -1.37. The summed E-state index contributed by atoms with van der Waals surface area (Å²) in [6.07, 6.45) is -1.09. The highest BCUT2D eigenvalue weighted by atomic mass is 79.9. The maximum Gasteiger partial charge on any atom is 0.258 e. The molecule has 0 saturated heterocycles. The van der Waals surface area contributed by atoms with E-state index in [1.807, 2.05) is 36.4 Å². The van der Waals surface area contributed by atoms with Crippen molar-refractivity contribution in [3.05, 3.63) is 74.2 Å². The molecule has 3 rings (SSSR count). The molecule has 1 aliphatic rings. The van der Waals surface area contributed by atoms with Crippen molar-refractivity contribution in [3.8, 4) is 0 Å². The lowest BCUT2D eigenvalue weighted by molar-refractivity contribution is -0.536. The van der Waals surface area contributed by atoms with Gasteiger partial charge in [-0.25, -0.2) is 0 Å². The summed E-state index contributed by atoms with van der Waals surface area (Å²) in [5, 5.41) is 21.5. The molecule has 2 aromatic rings. The van der Waals surface area contributed by atoms with Crippen LogP contribution in [0.2, 0.25) is 0 Å². The summed E-state index contributed by atoms with van der Waals surface area (Å²) in [5.74, 6) is 0. The molecule has 0 unspecified atom stereocenters. The van der Waals surface area contributed by atoms with Crippen LogP contribution in [-0.4, -0.2) is 16.1 Å². The predicted octanol–water partition coefficient (Wildman–Crippen LogP) is 3.97. The van der Waals surface area contributed by atoms with E-state index in [0.29, 0.717) is 5.56 Å². The number of hydrogen-bond donors (Lipinski definition) is 1. The van der Waals surface area contributed by atoms with Gasteiger partial charge in [0.15, 0.2) is 0 Å². The Kier molecular flexibility index (Phi) is 4.01. The monoisotopic (exact) mass is 365 g/mol. The lowest BCUT2D eigenvalue weighted by atomic mass is 9.95. The molecule has 21 heavy (non-hydrogen) atoms. The molecule has 1 N–H and O–H groups in total. The van der Waals surface area contributed by atoms with Gasteiger partial charge in [0.2, 0.25) is 0 Å². The fourth-order valence-electron chi connectivity index (χ4n) is 2.53. The fourth-order valence-corrected chi connectivity index (χ4v) is 4.23. The SMILES string of the molecule is O=[N+]([O-])[C@H]1[C@H](O)c2ccccc2S[C@@H]1c1ccc(Br)cc1. The van der Waals surface area contributed by atoms with Crippen molar-refractivity contribution >= 4 is 27.7 Å². The molecule has 0 spiro atoms. The minimum absolute atomic E-state index is 0.375. The second-order valence-corrected chi connectivity index (χ2v) is 6.95. The normalized spacial score (nSPS) is 24.4. The zero-order chi connectivity index (χ0) is 15.0. The second-order valence-electron chi connectivity index (χ2n) is 4.85. The van der Waals surface area contributed by atoms with Crippen molar-refractivity contribution in [3.63, 3.8) is 0 Å². The Balaban J connectivity index is 2.06. The summed E-state index contributed by atoms with van der Waals surface area (Å²) in [4.78, 5) is 12.0. The molecule has 0 bridgehead atoms. The first-order chi connectivity index (χ1) is 10.1. The Morgan fingerprint density at radius 1 is 1.14 bits per heavy atom. The maximum atomic E-state index is 11.4. The maximum absolute atomic E-state index is 11.4. The smallest absolute Gasteiger partial charge is 0.258 e. The van der Waals surface area contributed by atoms with Crippen molar-refractivity contribution < 1.29 is 10.0 Å². The van der Waals surface area contributed by atoms with E-state index in [4.69, 9.17) is 0 Å². The third-order valence-corrected chi connectivity index (χ3v) is 5.53. The number of aliphatic hydroxyl groups is 1. The first-order valence-corrected chi connectivity index (χ1v) is 8.08. The van der Waals surface area contributed by atoms with Gasteiger partial charge in [-0.05, 0) is 23.8 Å². The molecule has 1 heterocycles. The summed E-state index contributed by atoms with van der Waals surface area (Å²) in [7, 11) is 0. The number of aliphatic hydroxyl groups excluding tert-OH is 1. The predicted molar refractivity (Wildman–Crippen MR) is 84.9 cm³/mol. The van der Waals surface area contributed by atoms with Gasteiger partial charge in [0.05, 0.1) is 0 Å². The molecular formula is C15H12BrNO3S. The molecule has 0 amide bonds. The number of fused-ring (bicyclic) bond motifs is 1. The minimum Gasteiger partial charge on any atom is -0.381 e. The van der Waals surface area contributed by atoms with Gasteiger partial charge in [0.1, 0.15) is 11.4 Å². The third kappa shape index (κ3) is 2.71. The molecular weight excluding hydrogens is 354 g/mol. The molecule has 0 aromatic heterocycles. The Bertz CT molecular complexity index is 677. The van der Waals surface area contributed by atoms with Gasteiger partial charge in [0, 0.05) is 19.9 Å². The standard InChI is InChI=1S/C15H12BrNO3S/c16-10-7-5-9(6-8-10)15-13(17(19)20)14(18)11-3-1-2-4-12(11)21-15/h1-8,13-15,18H/t13-,14+,15+/m0/s1. The lowest BCUT2D eigenvalue weighted by Gasteiger charge is -2.31. The van der Waals surface area contributed by atoms with Crippen molar-refractivity contribution in [1.29, 1.82) is 0 Å². The topological polar surface area (TPSA) is 63.4 Å². The molecule has 1 aliphatic heterocycles. The van der Waals surface area contributed by atoms with Gasteiger partial charge < -0.3 is 5.11 Å². The summed E-state index contributed by atoms with van der Waals surface area (Å²) in [6.45, 7) is 0. The number of hydrogen-bond acceptors (Lipinski definition) is 4. The summed E-state index contributed by atoms with van der Waals surface area (Å²) >= 11 is 4.80. The minimum atomic E-state index is -1.09. The van der Waals surface area contributed by atoms with Crippen LogP contribution in [0.25, 0.3) is 0 Å². The highest BCUT2D eigenvalue weighted by Crippen LogP contribution is 2.49. The van der Waals surface area contributed by atoms with Crippen LogP contribution in [0.4, 0.5) is 0 Å². The van der Waals surface area contributed by atoms with Crippen LogP contribution in [0.1, 0.15) is 22.5 Å². The number of rotatable bonds is 2. The van der Waals surface area contributed by atoms with Crippen LogP contribution in [0.5, 0.6) is 0 Å². The molecule has 108 valence electrons.